The number of carbonyl (C=O) groups is 1. The van der Waals surface area contributed by atoms with Crippen LogP contribution >= 0.6 is 11.6 Å². The Morgan fingerprint density at radius 3 is 2.61 bits per heavy atom. The van der Waals surface area contributed by atoms with Crippen LogP contribution in [0, 0.1) is 0 Å². The molecule has 0 aliphatic carbocycles. The Labute approximate surface area is 201 Å². The molecule has 3 aromatic rings. The van der Waals surface area contributed by atoms with Crippen LogP contribution in [0.15, 0.2) is 54.6 Å². The molecule has 1 unspecified atom stereocenters. The highest BCUT2D eigenvalue weighted by Gasteiger charge is 2.25. The average molecular weight is 469 g/mol. The Balaban J connectivity index is 0.00000149. The first-order chi connectivity index (χ1) is 16.0. The molecule has 0 radical (unpaired) electrons. The lowest BCUT2D eigenvalue weighted by Gasteiger charge is -2.32. The molecule has 0 bridgehead atoms. The smallest absolute Gasteiger partial charge is 0.123 e. The zero-order chi connectivity index (χ0) is 23.8. The molecular weight excluding hydrogens is 436 g/mol. The quantitative estimate of drug-likeness (QED) is 0.439. The molecule has 7 heteroatoms. The summed E-state index contributed by atoms with van der Waals surface area (Å²) in [4.78, 5) is 12.7. The number of aromatic nitrogens is 2. The second kappa shape index (κ2) is 12.0. The maximum absolute atomic E-state index is 8.00. The summed E-state index contributed by atoms with van der Waals surface area (Å²) >= 11 is 6.04. The number of para-hydroxylation sites is 1. The molecule has 176 valence electrons. The van der Waals surface area contributed by atoms with E-state index in [-0.39, 0.29) is 0 Å². The van der Waals surface area contributed by atoms with Crippen molar-refractivity contribution in [2.75, 3.05) is 33.8 Å². The van der Waals surface area contributed by atoms with Gasteiger partial charge in [0.2, 0.25) is 0 Å². The summed E-state index contributed by atoms with van der Waals surface area (Å²) in [7, 11) is 4.18. The van der Waals surface area contributed by atoms with Crippen LogP contribution in [0.1, 0.15) is 30.6 Å². The van der Waals surface area contributed by atoms with E-state index in [2.05, 4.69) is 65.8 Å². The number of carbonyl (C=O) groups excluding carboxylic acids is 1. The molecule has 2 aromatic carbocycles. The van der Waals surface area contributed by atoms with Crippen molar-refractivity contribution in [2.24, 2.45) is 0 Å². The van der Waals surface area contributed by atoms with Crippen LogP contribution in [-0.2, 0) is 17.9 Å². The third-order valence-electron chi connectivity index (χ3n) is 5.65. The average Bonchev–Trinajstić information content (AvgIpc) is 3.24. The highest BCUT2D eigenvalue weighted by molar-refractivity contribution is 6.30. The normalized spacial score (nSPS) is 15.6. The Kier molecular flexibility index (Phi) is 9.06. The number of hydrogen-bond acceptors (Lipinski definition) is 5. The monoisotopic (exact) mass is 468 g/mol. The fourth-order valence-electron chi connectivity index (χ4n) is 4.14. The minimum absolute atomic E-state index is 0.318. The van der Waals surface area contributed by atoms with Gasteiger partial charge in [-0.2, -0.15) is 5.10 Å². The molecule has 1 atom stereocenters. The Bertz CT molecular complexity index is 1020. The molecule has 0 saturated heterocycles. The van der Waals surface area contributed by atoms with E-state index in [1.807, 2.05) is 31.1 Å². The second-order valence-corrected chi connectivity index (χ2v) is 9.04. The molecule has 0 N–H and O–H groups in total. The van der Waals surface area contributed by atoms with E-state index in [0.717, 1.165) is 61.2 Å². The number of ether oxygens (including phenoxy) is 1. The van der Waals surface area contributed by atoms with Crippen LogP contribution in [0.3, 0.4) is 0 Å². The molecule has 2 heterocycles. The lowest BCUT2D eigenvalue weighted by atomic mass is 10.1. The van der Waals surface area contributed by atoms with E-state index in [1.54, 1.807) is 0 Å². The summed E-state index contributed by atoms with van der Waals surface area (Å²) in [6, 6.07) is 18.8. The lowest BCUT2D eigenvalue weighted by Crippen LogP contribution is -2.36. The van der Waals surface area contributed by atoms with Crippen LogP contribution in [0.2, 0.25) is 5.02 Å². The van der Waals surface area contributed by atoms with Crippen molar-refractivity contribution in [3.8, 4) is 17.0 Å². The summed E-state index contributed by atoms with van der Waals surface area (Å²) < 4.78 is 8.29. The van der Waals surface area contributed by atoms with E-state index < -0.39 is 0 Å². The van der Waals surface area contributed by atoms with Gasteiger partial charge in [-0.25, -0.2) is 0 Å². The van der Waals surface area contributed by atoms with Gasteiger partial charge in [-0.15, -0.1) is 0 Å². The zero-order valence-electron chi connectivity index (χ0n) is 19.7. The van der Waals surface area contributed by atoms with E-state index >= 15 is 0 Å². The number of nitrogens with zero attached hydrogens (tertiary/aromatic N) is 4. The fourth-order valence-corrected chi connectivity index (χ4v) is 4.26. The summed E-state index contributed by atoms with van der Waals surface area (Å²) in [5, 5.41) is 5.62. The first-order valence-electron chi connectivity index (χ1n) is 11.2. The first-order valence-corrected chi connectivity index (χ1v) is 11.6. The van der Waals surface area contributed by atoms with Crippen molar-refractivity contribution in [1.29, 1.82) is 0 Å². The highest BCUT2D eigenvalue weighted by Crippen LogP contribution is 2.29. The van der Waals surface area contributed by atoms with Crippen molar-refractivity contribution in [2.45, 2.75) is 32.5 Å². The van der Waals surface area contributed by atoms with Gasteiger partial charge in [0.1, 0.15) is 12.5 Å². The molecule has 0 spiro atoms. The minimum Gasteiger partial charge on any atom is -0.493 e. The Morgan fingerprint density at radius 2 is 1.88 bits per heavy atom. The summed E-state index contributed by atoms with van der Waals surface area (Å²) in [6.07, 6.45) is 1.02. The molecule has 0 fully saturated rings. The van der Waals surface area contributed by atoms with E-state index in [4.69, 9.17) is 26.2 Å². The topological polar surface area (TPSA) is 50.6 Å². The van der Waals surface area contributed by atoms with Crippen molar-refractivity contribution >= 4 is 18.4 Å². The molecule has 33 heavy (non-hydrogen) atoms. The maximum Gasteiger partial charge on any atom is 0.123 e. The second-order valence-electron chi connectivity index (χ2n) is 8.60. The van der Waals surface area contributed by atoms with Gasteiger partial charge in [0.25, 0.3) is 0 Å². The van der Waals surface area contributed by atoms with E-state index in [0.29, 0.717) is 6.04 Å². The first kappa shape index (κ1) is 25.0. The van der Waals surface area contributed by atoms with Gasteiger partial charge >= 0.3 is 0 Å². The van der Waals surface area contributed by atoms with Gasteiger partial charge in [0, 0.05) is 42.3 Å². The number of benzene rings is 2. The van der Waals surface area contributed by atoms with Crippen molar-refractivity contribution in [3.05, 3.63) is 70.9 Å². The molecule has 4 rings (SSSR count). The van der Waals surface area contributed by atoms with Crippen LogP contribution in [0.4, 0.5) is 0 Å². The summed E-state index contributed by atoms with van der Waals surface area (Å²) in [5.74, 6) is 0.995. The fraction of sp³-hybridized carbons (Fsp3) is 0.385. The highest BCUT2D eigenvalue weighted by atomic mass is 35.5. The van der Waals surface area contributed by atoms with Gasteiger partial charge in [0.05, 0.1) is 24.0 Å². The van der Waals surface area contributed by atoms with Crippen LogP contribution < -0.4 is 4.74 Å². The number of hydrogen-bond donors (Lipinski definition) is 0. The molecular formula is C26H33ClN4O2. The van der Waals surface area contributed by atoms with Gasteiger partial charge < -0.3 is 14.4 Å². The van der Waals surface area contributed by atoms with Crippen molar-refractivity contribution < 1.29 is 9.53 Å². The Morgan fingerprint density at radius 1 is 1.15 bits per heavy atom. The van der Waals surface area contributed by atoms with Crippen molar-refractivity contribution in [1.82, 2.24) is 19.6 Å². The summed E-state index contributed by atoms with van der Waals surface area (Å²) in [6.45, 7) is 8.71. The molecule has 6 nitrogen and oxygen atoms in total. The largest absolute Gasteiger partial charge is 0.493 e. The minimum atomic E-state index is 0.318. The third-order valence-corrected chi connectivity index (χ3v) is 5.90. The van der Waals surface area contributed by atoms with Gasteiger partial charge in [-0.1, -0.05) is 41.9 Å². The predicted molar refractivity (Wildman–Crippen MR) is 134 cm³/mol. The van der Waals surface area contributed by atoms with Gasteiger partial charge in [0.15, 0.2) is 0 Å². The van der Waals surface area contributed by atoms with E-state index in [1.165, 1.54) is 11.3 Å². The SMILES string of the molecule is C=O.CC1CN(Cc2ccccc2OCCCN(C)C)Cc2cc(-c3ccc(Cl)cc3)nn21. The van der Waals surface area contributed by atoms with Gasteiger partial charge in [-0.05, 0) is 51.7 Å². The lowest BCUT2D eigenvalue weighted by molar-refractivity contribution is -0.0979. The van der Waals surface area contributed by atoms with E-state index in [9.17, 15) is 0 Å². The van der Waals surface area contributed by atoms with Crippen LogP contribution in [0.5, 0.6) is 5.75 Å². The number of fused-ring (bicyclic) bond motifs is 1. The van der Waals surface area contributed by atoms with Crippen molar-refractivity contribution in [3.63, 3.8) is 0 Å². The molecule has 1 aliphatic rings. The molecule has 0 amide bonds. The third kappa shape index (κ3) is 6.67. The Hall–Kier alpha value is -2.67. The van der Waals surface area contributed by atoms with Crippen LogP contribution in [-0.4, -0.2) is 60.2 Å². The maximum atomic E-state index is 8.00. The molecule has 0 saturated carbocycles. The standard InChI is InChI=1S/C25H31ClN4O.CH2O/c1-19-16-29(17-21-7-4-5-8-25(21)31-14-6-13-28(2)3)18-23-15-24(27-30(19)23)20-9-11-22(26)12-10-20;1-2/h4-5,7-12,15,19H,6,13-14,16-18H2,1-3H3;1H2. The summed E-state index contributed by atoms with van der Waals surface area (Å²) in [5.41, 5.74) is 4.59. The molecule has 1 aromatic heterocycles. The molecule has 1 aliphatic heterocycles. The zero-order valence-corrected chi connectivity index (χ0v) is 20.5. The van der Waals surface area contributed by atoms with Gasteiger partial charge in [-0.3, -0.25) is 9.58 Å². The number of rotatable bonds is 8. The number of halogens is 1. The predicted octanol–water partition coefficient (Wildman–Crippen LogP) is 4.93. The van der Waals surface area contributed by atoms with Crippen LogP contribution in [0.25, 0.3) is 11.3 Å².